The van der Waals surface area contributed by atoms with E-state index >= 15 is 0 Å². The summed E-state index contributed by atoms with van der Waals surface area (Å²) in [7, 11) is 0. The minimum absolute atomic E-state index is 0.0181. The Balaban J connectivity index is 0.000000574. The lowest BCUT2D eigenvalue weighted by Crippen LogP contribution is -1.96. The van der Waals surface area contributed by atoms with Crippen LogP contribution in [0, 0.1) is 0 Å². The molecule has 3 rings (SSSR count). The van der Waals surface area contributed by atoms with Gasteiger partial charge >= 0.3 is 22.5 Å². The first-order valence-electron chi connectivity index (χ1n) is 5.29. The molecule has 0 fully saturated rings. The van der Waals surface area contributed by atoms with E-state index in [2.05, 4.69) is 8.83 Å². The van der Waals surface area contributed by atoms with Crippen LogP contribution in [0.4, 0.5) is 0 Å². The lowest BCUT2D eigenvalue weighted by atomic mass is 10.1. The van der Waals surface area contributed by atoms with Gasteiger partial charge in [-0.2, -0.15) is 0 Å². The smallest absolute Gasteiger partial charge is 0.346 e. The van der Waals surface area contributed by atoms with Gasteiger partial charge in [-0.3, -0.25) is 0 Å². The fraction of sp³-hybridized carbons (Fsp3) is 0.167. The normalized spacial score (nSPS) is 10.6. The summed E-state index contributed by atoms with van der Waals surface area (Å²) < 4.78 is 8.68. The molecule has 2 heterocycles. The number of hydrogen-bond acceptors (Lipinski definition) is 6. The number of benzene rings is 1. The number of hydrogen-bond donors (Lipinski definition) is 0. The summed E-state index contributed by atoms with van der Waals surface area (Å²) >= 11 is 0. The lowest BCUT2D eigenvalue weighted by Gasteiger charge is -1.84. The molecule has 0 saturated heterocycles. The van der Waals surface area contributed by atoms with Gasteiger partial charge in [-0.05, 0) is 12.1 Å². The molecule has 92 valence electrons. The van der Waals surface area contributed by atoms with Crippen molar-refractivity contribution in [1.82, 2.24) is 0 Å². The lowest BCUT2D eigenvalue weighted by molar-refractivity contribution is 0.498. The van der Waals surface area contributed by atoms with E-state index in [1.807, 2.05) is 13.8 Å². The van der Waals surface area contributed by atoms with E-state index < -0.39 is 22.5 Å². The molecular formula is C12H8O6. The molecule has 0 spiro atoms. The van der Waals surface area contributed by atoms with E-state index in [0.717, 1.165) is 12.1 Å². The van der Waals surface area contributed by atoms with Crippen LogP contribution < -0.4 is 22.5 Å². The monoisotopic (exact) mass is 248 g/mol. The van der Waals surface area contributed by atoms with Crippen LogP contribution in [0.15, 0.2) is 40.1 Å². The summed E-state index contributed by atoms with van der Waals surface area (Å²) in [6, 6.07) is 2.29. The summed E-state index contributed by atoms with van der Waals surface area (Å²) in [6.07, 6.45) is 0. The maximum atomic E-state index is 11.2. The Kier molecular flexibility index (Phi) is 2.70. The summed E-state index contributed by atoms with van der Waals surface area (Å²) in [6.45, 7) is 4.00. The Hall–Kier alpha value is -2.50. The number of fused-ring (bicyclic) bond motifs is 2. The number of furan rings is 2. The van der Waals surface area contributed by atoms with Gasteiger partial charge in [0.05, 0.1) is 21.5 Å². The van der Waals surface area contributed by atoms with Gasteiger partial charge in [0.2, 0.25) is 0 Å². The highest BCUT2D eigenvalue weighted by Gasteiger charge is 2.15. The molecule has 0 aliphatic carbocycles. The second-order valence-corrected chi connectivity index (χ2v) is 3.30. The summed E-state index contributed by atoms with van der Waals surface area (Å²) in [5, 5.41) is -0.0726. The Labute approximate surface area is 98.8 Å². The zero-order chi connectivity index (χ0) is 13.4. The second-order valence-electron chi connectivity index (χ2n) is 3.30. The van der Waals surface area contributed by atoms with Crippen molar-refractivity contribution in [3.63, 3.8) is 0 Å². The van der Waals surface area contributed by atoms with Crippen LogP contribution >= 0.6 is 0 Å². The third kappa shape index (κ3) is 1.50. The van der Waals surface area contributed by atoms with Gasteiger partial charge in [0.1, 0.15) is 0 Å². The van der Waals surface area contributed by atoms with Gasteiger partial charge in [0, 0.05) is 0 Å². The molecule has 0 radical (unpaired) electrons. The van der Waals surface area contributed by atoms with E-state index in [1.165, 1.54) is 0 Å². The molecule has 0 aliphatic heterocycles. The standard InChI is InChI=1S/C10H2O6.C2H6/c11-7-3-1-4-6(10(14)16-8(4)12)2-5(3)9(13)15-7;1-2/h1-2H;1-2H3. The highest BCUT2D eigenvalue weighted by atomic mass is 16.4. The molecule has 0 atom stereocenters. The number of rotatable bonds is 0. The van der Waals surface area contributed by atoms with E-state index in [-0.39, 0.29) is 21.5 Å². The third-order valence-electron chi connectivity index (χ3n) is 2.41. The highest BCUT2D eigenvalue weighted by Crippen LogP contribution is 2.13. The van der Waals surface area contributed by atoms with Crippen LogP contribution in [-0.4, -0.2) is 0 Å². The molecule has 2 aromatic heterocycles. The van der Waals surface area contributed by atoms with Gasteiger partial charge in [0.15, 0.2) is 0 Å². The van der Waals surface area contributed by atoms with Gasteiger partial charge in [-0.1, -0.05) is 13.8 Å². The van der Waals surface area contributed by atoms with Crippen LogP contribution in [-0.2, 0) is 0 Å². The van der Waals surface area contributed by atoms with Crippen LogP contribution in [0.2, 0.25) is 0 Å². The summed E-state index contributed by atoms with van der Waals surface area (Å²) in [4.78, 5) is 44.7. The molecule has 0 aliphatic rings. The first kappa shape index (κ1) is 12.0. The van der Waals surface area contributed by atoms with Crippen molar-refractivity contribution in [2.45, 2.75) is 13.8 Å². The maximum Gasteiger partial charge on any atom is 0.346 e. The third-order valence-corrected chi connectivity index (χ3v) is 2.41. The average Bonchev–Trinajstić information content (AvgIpc) is 2.80. The van der Waals surface area contributed by atoms with Crippen molar-refractivity contribution in [1.29, 1.82) is 0 Å². The maximum absolute atomic E-state index is 11.2. The fourth-order valence-electron chi connectivity index (χ4n) is 1.66. The van der Waals surface area contributed by atoms with E-state index in [0.29, 0.717) is 0 Å². The topological polar surface area (TPSA) is 94.6 Å². The van der Waals surface area contributed by atoms with Crippen molar-refractivity contribution in [3.8, 4) is 0 Å². The Morgan fingerprint density at radius 1 is 0.611 bits per heavy atom. The Morgan fingerprint density at radius 3 is 1.06 bits per heavy atom. The van der Waals surface area contributed by atoms with E-state index in [4.69, 9.17) is 0 Å². The molecule has 1 aromatic carbocycles. The molecule has 0 saturated carbocycles. The Morgan fingerprint density at radius 2 is 0.833 bits per heavy atom. The average molecular weight is 248 g/mol. The van der Waals surface area contributed by atoms with Crippen LogP contribution in [0.1, 0.15) is 13.8 Å². The molecule has 0 N–H and O–H groups in total. The van der Waals surface area contributed by atoms with Crippen LogP contribution in [0.3, 0.4) is 0 Å². The predicted octanol–water partition coefficient (Wildman–Crippen LogP) is 0.522. The van der Waals surface area contributed by atoms with Crippen molar-refractivity contribution in [2.75, 3.05) is 0 Å². The summed E-state index contributed by atoms with van der Waals surface area (Å²) in [5.41, 5.74) is -3.30. The zero-order valence-corrected chi connectivity index (χ0v) is 9.60. The molecule has 18 heavy (non-hydrogen) atoms. The van der Waals surface area contributed by atoms with Crippen molar-refractivity contribution in [2.24, 2.45) is 0 Å². The molecule has 0 bridgehead atoms. The molecule has 6 nitrogen and oxygen atoms in total. The van der Waals surface area contributed by atoms with Gasteiger partial charge in [-0.15, -0.1) is 0 Å². The molecule has 3 aromatic rings. The predicted molar refractivity (Wildman–Crippen MR) is 64.8 cm³/mol. The zero-order valence-electron chi connectivity index (χ0n) is 9.60. The quantitative estimate of drug-likeness (QED) is 0.575. The second kappa shape index (κ2) is 4.06. The van der Waals surface area contributed by atoms with Crippen molar-refractivity contribution >= 4 is 21.5 Å². The minimum Gasteiger partial charge on any atom is -0.386 e. The van der Waals surface area contributed by atoms with E-state index in [1.54, 1.807) is 0 Å². The molecule has 0 unspecified atom stereocenters. The fourth-order valence-corrected chi connectivity index (χ4v) is 1.66. The first-order chi connectivity index (χ1) is 8.58. The highest BCUT2D eigenvalue weighted by molar-refractivity contribution is 5.96. The minimum atomic E-state index is -0.824. The first-order valence-corrected chi connectivity index (χ1v) is 5.29. The SMILES string of the molecule is CC.O=c1oc(=O)c2cc3c(=O)oc(=O)c3cc12. The van der Waals surface area contributed by atoms with Gasteiger partial charge in [-0.25, -0.2) is 19.2 Å². The van der Waals surface area contributed by atoms with Crippen molar-refractivity contribution < 1.29 is 8.83 Å². The molecular weight excluding hydrogens is 240 g/mol. The largest absolute Gasteiger partial charge is 0.386 e. The van der Waals surface area contributed by atoms with E-state index in [9.17, 15) is 19.2 Å². The molecule has 6 heteroatoms. The Bertz CT molecular complexity index is 771. The van der Waals surface area contributed by atoms with Gasteiger partial charge in [0.25, 0.3) is 0 Å². The van der Waals surface area contributed by atoms with Crippen molar-refractivity contribution in [3.05, 3.63) is 53.8 Å². The molecule has 0 amide bonds. The van der Waals surface area contributed by atoms with Crippen LogP contribution in [0.5, 0.6) is 0 Å². The summed E-state index contributed by atoms with van der Waals surface area (Å²) in [5.74, 6) is 0. The van der Waals surface area contributed by atoms with Crippen LogP contribution in [0.25, 0.3) is 21.5 Å². The van der Waals surface area contributed by atoms with Gasteiger partial charge < -0.3 is 8.83 Å².